The molecule has 4 heteroatoms. The number of hydrogen-bond acceptors (Lipinski definition) is 3. The predicted molar refractivity (Wildman–Crippen MR) is 67.4 cm³/mol. The number of piperidine rings is 1. The van der Waals surface area contributed by atoms with E-state index in [2.05, 4.69) is 5.32 Å². The zero-order chi connectivity index (χ0) is 12.2. The lowest BCUT2D eigenvalue weighted by Crippen LogP contribution is -2.59. The molecule has 4 rings (SSSR count). The van der Waals surface area contributed by atoms with Crippen molar-refractivity contribution in [2.45, 2.75) is 75.1 Å². The normalized spacial score (nSPS) is 44.0. The van der Waals surface area contributed by atoms with Gasteiger partial charge in [-0.3, -0.25) is 0 Å². The van der Waals surface area contributed by atoms with E-state index < -0.39 is 0 Å². The zero-order valence-corrected chi connectivity index (χ0v) is 10.9. The first kappa shape index (κ1) is 11.1. The molecule has 100 valence electrons. The smallest absolute Gasteiger partial charge is 0.410 e. The maximum atomic E-state index is 12.2. The van der Waals surface area contributed by atoms with E-state index in [1.165, 1.54) is 32.1 Å². The van der Waals surface area contributed by atoms with E-state index in [9.17, 15) is 4.79 Å². The summed E-state index contributed by atoms with van der Waals surface area (Å²) in [5.41, 5.74) is -0.131. The third-order valence-electron chi connectivity index (χ3n) is 5.43. The second kappa shape index (κ2) is 3.86. The van der Waals surface area contributed by atoms with Gasteiger partial charge in [0, 0.05) is 43.9 Å². The van der Waals surface area contributed by atoms with Crippen LogP contribution in [0.25, 0.3) is 0 Å². The fourth-order valence-corrected chi connectivity index (χ4v) is 4.23. The van der Waals surface area contributed by atoms with E-state index >= 15 is 0 Å². The number of amides is 1. The minimum Gasteiger partial charge on any atom is -0.443 e. The maximum Gasteiger partial charge on any atom is 0.410 e. The van der Waals surface area contributed by atoms with Crippen molar-refractivity contribution in [3.8, 4) is 0 Å². The molecule has 18 heavy (non-hydrogen) atoms. The van der Waals surface area contributed by atoms with Gasteiger partial charge in [-0.25, -0.2) is 4.79 Å². The highest BCUT2D eigenvalue weighted by molar-refractivity contribution is 5.69. The fourth-order valence-electron chi connectivity index (χ4n) is 4.23. The van der Waals surface area contributed by atoms with Gasteiger partial charge >= 0.3 is 6.09 Å². The number of nitrogens with zero attached hydrogens (tertiary/aromatic N) is 1. The molecule has 3 saturated heterocycles. The lowest BCUT2D eigenvalue weighted by atomic mass is 9.82. The molecule has 1 aliphatic carbocycles. The largest absolute Gasteiger partial charge is 0.443 e. The highest BCUT2D eigenvalue weighted by atomic mass is 16.6. The van der Waals surface area contributed by atoms with Gasteiger partial charge in [0.15, 0.2) is 0 Å². The van der Waals surface area contributed by atoms with Gasteiger partial charge < -0.3 is 15.0 Å². The molecule has 0 aromatic carbocycles. The molecule has 4 fully saturated rings. The molecule has 1 amide bonds. The Balaban J connectivity index is 1.47. The van der Waals surface area contributed by atoms with E-state index in [-0.39, 0.29) is 11.7 Å². The summed E-state index contributed by atoms with van der Waals surface area (Å²) in [5.74, 6) is 0. The first-order valence-corrected chi connectivity index (χ1v) is 7.50. The van der Waals surface area contributed by atoms with Crippen LogP contribution in [0.2, 0.25) is 0 Å². The summed E-state index contributed by atoms with van der Waals surface area (Å²) in [6, 6.07) is 1.66. The number of rotatable bonds is 1. The van der Waals surface area contributed by atoms with Crippen molar-refractivity contribution in [3.05, 3.63) is 0 Å². The van der Waals surface area contributed by atoms with Crippen LogP contribution in [-0.4, -0.2) is 41.3 Å². The first-order valence-electron chi connectivity index (χ1n) is 7.50. The Bertz CT molecular complexity index is 355. The number of hydrogen-bond donors (Lipinski definition) is 1. The Labute approximate surface area is 108 Å². The topological polar surface area (TPSA) is 41.6 Å². The Hall–Kier alpha value is -0.770. The van der Waals surface area contributed by atoms with Crippen LogP contribution >= 0.6 is 0 Å². The molecular formula is C14H22N2O2. The van der Waals surface area contributed by atoms with Crippen LogP contribution in [0.3, 0.4) is 0 Å². The van der Waals surface area contributed by atoms with E-state index in [0.29, 0.717) is 18.1 Å². The quantitative estimate of drug-likeness (QED) is 0.774. The summed E-state index contributed by atoms with van der Waals surface area (Å²) in [6.45, 7) is 0.920. The molecule has 3 aliphatic heterocycles. The Morgan fingerprint density at radius 1 is 1.17 bits per heavy atom. The van der Waals surface area contributed by atoms with Gasteiger partial charge in [-0.05, 0) is 32.1 Å². The number of nitrogens with one attached hydrogen (secondary N) is 1. The van der Waals surface area contributed by atoms with Crippen LogP contribution in [0.4, 0.5) is 4.79 Å². The van der Waals surface area contributed by atoms with Gasteiger partial charge in [-0.15, -0.1) is 0 Å². The van der Waals surface area contributed by atoms with Gasteiger partial charge in [-0.1, -0.05) is 0 Å². The summed E-state index contributed by atoms with van der Waals surface area (Å²) in [7, 11) is 0. The van der Waals surface area contributed by atoms with Gasteiger partial charge in [0.05, 0.1) is 0 Å². The molecule has 3 heterocycles. The van der Waals surface area contributed by atoms with Crippen LogP contribution in [0.15, 0.2) is 0 Å². The third kappa shape index (κ3) is 1.65. The zero-order valence-electron chi connectivity index (χ0n) is 10.9. The van der Waals surface area contributed by atoms with Crippen LogP contribution in [-0.2, 0) is 4.74 Å². The molecule has 4 nitrogen and oxygen atoms in total. The summed E-state index contributed by atoms with van der Waals surface area (Å²) in [5, 5.41) is 3.63. The lowest BCUT2D eigenvalue weighted by molar-refractivity contribution is -0.0865. The standard InChI is InChI=1S/C14H22N2O2/c17-13-16(12-2-1-3-12)7-6-14(18-13)8-10-4-5-11(9-14)15-10/h10-12,15H,1-9H2. The molecule has 4 aliphatic rings. The maximum absolute atomic E-state index is 12.2. The minimum atomic E-state index is -0.131. The molecule has 1 saturated carbocycles. The van der Waals surface area contributed by atoms with Gasteiger partial charge in [0.1, 0.15) is 5.60 Å². The highest BCUT2D eigenvalue weighted by Gasteiger charge is 2.50. The summed E-state index contributed by atoms with van der Waals surface area (Å²) in [4.78, 5) is 14.2. The number of carbonyl (C=O) groups excluding carboxylic acids is 1. The van der Waals surface area contributed by atoms with Gasteiger partial charge in [-0.2, -0.15) is 0 Å². The second-order valence-electron chi connectivity index (χ2n) is 6.63. The van der Waals surface area contributed by atoms with E-state index in [4.69, 9.17) is 4.74 Å². The molecule has 0 aromatic rings. The van der Waals surface area contributed by atoms with Crippen LogP contribution in [0, 0.1) is 0 Å². The second-order valence-corrected chi connectivity index (χ2v) is 6.63. The van der Waals surface area contributed by atoms with Crippen molar-refractivity contribution in [3.63, 3.8) is 0 Å². The molecular weight excluding hydrogens is 228 g/mol. The van der Waals surface area contributed by atoms with Gasteiger partial charge in [0.25, 0.3) is 0 Å². The van der Waals surface area contributed by atoms with Crippen molar-refractivity contribution in [1.29, 1.82) is 0 Å². The average molecular weight is 250 g/mol. The van der Waals surface area contributed by atoms with Gasteiger partial charge in [0.2, 0.25) is 0 Å². The number of ether oxygens (including phenoxy) is 1. The molecule has 1 N–H and O–H groups in total. The summed E-state index contributed by atoms with van der Waals surface area (Å²) in [6.07, 6.45) is 9.22. The molecule has 2 bridgehead atoms. The first-order chi connectivity index (χ1) is 8.74. The fraction of sp³-hybridized carbons (Fsp3) is 0.929. The average Bonchev–Trinajstić information content (AvgIpc) is 2.61. The minimum absolute atomic E-state index is 0.0350. The predicted octanol–water partition coefficient (Wildman–Crippen LogP) is 2.03. The van der Waals surface area contributed by atoms with Crippen LogP contribution in [0.1, 0.15) is 51.4 Å². The Kier molecular flexibility index (Phi) is 2.38. The van der Waals surface area contributed by atoms with Crippen molar-refractivity contribution < 1.29 is 9.53 Å². The number of carbonyl (C=O) groups is 1. The molecule has 1 spiro atoms. The van der Waals surface area contributed by atoms with Crippen molar-refractivity contribution >= 4 is 6.09 Å². The summed E-state index contributed by atoms with van der Waals surface area (Å²) >= 11 is 0. The van der Waals surface area contributed by atoms with E-state index in [1.807, 2.05) is 4.90 Å². The number of fused-ring (bicyclic) bond motifs is 2. The van der Waals surface area contributed by atoms with Crippen molar-refractivity contribution in [2.24, 2.45) is 0 Å². The SMILES string of the molecule is O=C1OC2(CCN1C1CCC1)CC1CCC(C2)N1. The van der Waals surface area contributed by atoms with Crippen molar-refractivity contribution in [1.82, 2.24) is 10.2 Å². The molecule has 0 radical (unpaired) electrons. The van der Waals surface area contributed by atoms with E-state index in [0.717, 1.165) is 25.8 Å². The van der Waals surface area contributed by atoms with E-state index in [1.54, 1.807) is 0 Å². The third-order valence-corrected chi connectivity index (χ3v) is 5.43. The highest BCUT2D eigenvalue weighted by Crippen LogP contribution is 2.42. The monoisotopic (exact) mass is 250 g/mol. The summed E-state index contributed by atoms with van der Waals surface area (Å²) < 4.78 is 5.91. The Morgan fingerprint density at radius 2 is 1.89 bits per heavy atom. The molecule has 0 aromatic heterocycles. The lowest BCUT2D eigenvalue weighted by Gasteiger charge is -2.48. The Morgan fingerprint density at radius 3 is 2.44 bits per heavy atom. The molecule has 2 unspecified atom stereocenters. The van der Waals surface area contributed by atoms with Crippen LogP contribution < -0.4 is 5.32 Å². The van der Waals surface area contributed by atoms with Crippen molar-refractivity contribution in [2.75, 3.05) is 6.54 Å². The van der Waals surface area contributed by atoms with Crippen LogP contribution in [0.5, 0.6) is 0 Å². The molecule has 2 atom stereocenters.